The minimum Gasteiger partial charge on any atom is -0.480 e. The average Bonchev–Trinajstić information content (AvgIpc) is 2.81. The highest BCUT2D eigenvalue weighted by Crippen LogP contribution is 2.37. The fourth-order valence-corrected chi connectivity index (χ4v) is 2.37. The van der Waals surface area contributed by atoms with Crippen molar-refractivity contribution in [3.05, 3.63) is 27.9 Å². The van der Waals surface area contributed by atoms with E-state index in [1.165, 1.54) is 18.0 Å². The lowest BCUT2D eigenvalue weighted by Crippen LogP contribution is -2.48. The third-order valence-electron chi connectivity index (χ3n) is 3.53. The number of hydrogen-bond donors (Lipinski definition) is 1. The van der Waals surface area contributed by atoms with Crippen LogP contribution in [0.15, 0.2) is 12.3 Å². The van der Waals surface area contributed by atoms with Crippen LogP contribution in [0.2, 0.25) is 0 Å². The first-order chi connectivity index (χ1) is 9.40. The molecule has 0 aromatic carbocycles. The summed E-state index contributed by atoms with van der Waals surface area (Å²) in [6.45, 7) is 1.90. The normalized spacial score (nSPS) is 21.5. The van der Waals surface area contributed by atoms with Gasteiger partial charge in [-0.3, -0.25) is 10.1 Å². The summed E-state index contributed by atoms with van der Waals surface area (Å²) in [4.78, 5) is 27.2. The minimum absolute atomic E-state index is 0.00333. The molecule has 1 aliphatic heterocycles. The first-order valence-electron chi connectivity index (χ1n) is 5.95. The van der Waals surface area contributed by atoms with E-state index in [9.17, 15) is 20.0 Å². The molecule has 2 heterocycles. The minimum atomic E-state index is -1.22. The molecule has 1 saturated heterocycles. The maximum atomic E-state index is 11.4. The lowest BCUT2D eigenvalue weighted by molar-refractivity contribution is -0.384. The van der Waals surface area contributed by atoms with Crippen LogP contribution < -0.4 is 4.90 Å². The second-order valence-electron chi connectivity index (χ2n) is 4.77. The van der Waals surface area contributed by atoms with Gasteiger partial charge in [0.25, 0.3) is 0 Å². The largest absolute Gasteiger partial charge is 0.480 e. The van der Waals surface area contributed by atoms with E-state index in [2.05, 4.69) is 4.98 Å². The molecule has 0 bridgehead atoms. The molecule has 8 heteroatoms. The van der Waals surface area contributed by atoms with Gasteiger partial charge >= 0.3 is 11.7 Å². The van der Waals surface area contributed by atoms with Gasteiger partial charge in [0.2, 0.25) is 5.82 Å². The number of carboxylic acid groups (broad SMARTS) is 1. The predicted octanol–water partition coefficient (Wildman–Crippen LogP) is 1.30. The molecule has 0 amide bonds. The highest BCUT2D eigenvalue weighted by Gasteiger charge is 2.46. The van der Waals surface area contributed by atoms with Gasteiger partial charge in [0.1, 0.15) is 11.6 Å². The van der Waals surface area contributed by atoms with Crippen molar-refractivity contribution in [2.45, 2.75) is 25.3 Å². The average molecular weight is 276 g/mol. The van der Waals surface area contributed by atoms with Crippen LogP contribution in [-0.4, -0.2) is 33.1 Å². The van der Waals surface area contributed by atoms with E-state index >= 15 is 0 Å². The Balaban J connectivity index is 2.55. The number of anilines is 1. The van der Waals surface area contributed by atoms with Gasteiger partial charge in [0.15, 0.2) is 0 Å². The number of rotatable bonds is 3. The molecule has 0 aliphatic carbocycles. The zero-order valence-corrected chi connectivity index (χ0v) is 10.7. The van der Waals surface area contributed by atoms with Crippen molar-refractivity contribution in [2.24, 2.45) is 0 Å². The van der Waals surface area contributed by atoms with Crippen LogP contribution in [0.3, 0.4) is 0 Å². The fraction of sp³-hybridized carbons (Fsp3) is 0.417. The Hall–Kier alpha value is -2.69. The second kappa shape index (κ2) is 4.77. The number of aliphatic carboxylic acids is 1. The van der Waals surface area contributed by atoms with E-state index in [-0.39, 0.29) is 17.1 Å². The Kier molecular flexibility index (Phi) is 3.28. The molecule has 0 saturated carbocycles. The summed E-state index contributed by atoms with van der Waals surface area (Å²) in [5.41, 5.74) is -1.50. The maximum Gasteiger partial charge on any atom is 0.329 e. The van der Waals surface area contributed by atoms with Crippen molar-refractivity contribution < 1.29 is 14.8 Å². The fourth-order valence-electron chi connectivity index (χ4n) is 2.37. The molecule has 0 radical (unpaired) electrons. The second-order valence-corrected chi connectivity index (χ2v) is 4.77. The van der Waals surface area contributed by atoms with E-state index in [4.69, 9.17) is 5.26 Å². The number of nitrogens with zero attached hydrogens (tertiary/aromatic N) is 4. The standard InChI is InChI=1S/C12H12N4O4/c1-12(11(17)18)3-2-4-15(12)10-9(16(19)20)5-8(6-13)7-14-10/h5,7H,2-4H2,1H3,(H,17,18). The number of nitriles is 1. The summed E-state index contributed by atoms with van der Waals surface area (Å²) >= 11 is 0. The highest BCUT2D eigenvalue weighted by molar-refractivity contribution is 5.84. The van der Waals surface area contributed by atoms with Crippen LogP contribution in [0.25, 0.3) is 0 Å². The van der Waals surface area contributed by atoms with Crippen LogP contribution >= 0.6 is 0 Å². The van der Waals surface area contributed by atoms with Crippen LogP contribution in [-0.2, 0) is 4.79 Å². The van der Waals surface area contributed by atoms with Gasteiger partial charge in [-0.15, -0.1) is 0 Å². The van der Waals surface area contributed by atoms with Crippen molar-refractivity contribution in [3.8, 4) is 6.07 Å². The molecule has 1 aliphatic rings. The van der Waals surface area contributed by atoms with Gasteiger partial charge in [0, 0.05) is 18.8 Å². The molecule has 1 unspecified atom stereocenters. The third kappa shape index (κ3) is 2.03. The smallest absolute Gasteiger partial charge is 0.329 e. The quantitative estimate of drug-likeness (QED) is 0.652. The van der Waals surface area contributed by atoms with E-state index in [1.807, 2.05) is 0 Å². The number of pyridine rings is 1. The molecule has 20 heavy (non-hydrogen) atoms. The topological polar surface area (TPSA) is 120 Å². The zero-order chi connectivity index (χ0) is 14.9. The molecular weight excluding hydrogens is 264 g/mol. The third-order valence-corrected chi connectivity index (χ3v) is 3.53. The lowest BCUT2D eigenvalue weighted by atomic mass is 9.99. The van der Waals surface area contributed by atoms with Gasteiger partial charge in [-0.25, -0.2) is 9.78 Å². The number of hydrogen-bond acceptors (Lipinski definition) is 6. The van der Waals surface area contributed by atoms with Crippen LogP contribution in [0.5, 0.6) is 0 Å². The van der Waals surface area contributed by atoms with Crippen LogP contribution in [0, 0.1) is 21.4 Å². The zero-order valence-electron chi connectivity index (χ0n) is 10.7. The molecule has 104 valence electrons. The van der Waals surface area contributed by atoms with E-state index in [0.717, 1.165) is 6.07 Å². The Morgan fingerprint density at radius 2 is 2.40 bits per heavy atom. The van der Waals surface area contributed by atoms with Crippen molar-refractivity contribution in [1.29, 1.82) is 5.26 Å². The summed E-state index contributed by atoms with van der Waals surface area (Å²) in [5.74, 6) is -1.05. The van der Waals surface area contributed by atoms with Gasteiger partial charge in [-0.2, -0.15) is 5.26 Å². The van der Waals surface area contributed by atoms with Gasteiger partial charge in [0.05, 0.1) is 10.5 Å². The predicted molar refractivity (Wildman–Crippen MR) is 68.2 cm³/mol. The maximum absolute atomic E-state index is 11.4. The number of carbonyl (C=O) groups is 1. The number of nitro groups is 1. The van der Waals surface area contributed by atoms with Crippen molar-refractivity contribution >= 4 is 17.5 Å². The number of aromatic nitrogens is 1. The molecule has 1 aromatic rings. The van der Waals surface area contributed by atoms with E-state index in [0.29, 0.717) is 19.4 Å². The Labute approximate surface area is 114 Å². The lowest BCUT2D eigenvalue weighted by Gasteiger charge is -2.31. The summed E-state index contributed by atoms with van der Waals surface area (Å²) < 4.78 is 0. The van der Waals surface area contributed by atoms with E-state index in [1.54, 1.807) is 6.07 Å². The molecule has 1 N–H and O–H groups in total. The molecule has 8 nitrogen and oxygen atoms in total. The Morgan fingerprint density at radius 3 is 2.95 bits per heavy atom. The molecule has 2 rings (SSSR count). The van der Waals surface area contributed by atoms with Crippen LogP contribution in [0.1, 0.15) is 25.3 Å². The summed E-state index contributed by atoms with van der Waals surface area (Å²) in [5, 5.41) is 29.2. The van der Waals surface area contributed by atoms with Gasteiger partial charge < -0.3 is 10.0 Å². The molecule has 1 fully saturated rings. The monoisotopic (exact) mass is 276 g/mol. The van der Waals surface area contributed by atoms with Crippen LogP contribution in [0.4, 0.5) is 11.5 Å². The molecule has 1 aromatic heterocycles. The Bertz CT molecular complexity index is 624. The van der Waals surface area contributed by atoms with Crippen molar-refractivity contribution in [3.63, 3.8) is 0 Å². The Morgan fingerprint density at radius 1 is 1.70 bits per heavy atom. The molecular formula is C12H12N4O4. The summed E-state index contributed by atoms with van der Waals surface area (Å²) in [7, 11) is 0. The number of carboxylic acids is 1. The SMILES string of the molecule is CC1(C(=O)O)CCCN1c1ncc(C#N)cc1[N+](=O)[O-]. The summed E-state index contributed by atoms with van der Waals surface area (Å²) in [6.07, 6.45) is 2.21. The van der Waals surface area contributed by atoms with Gasteiger partial charge in [-0.05, 0) is 19.8 Å². The van der Waals surface area contributed by atoms with Crippen molar-refractivity contribution in [2.75, 3.05) is 11.4 Å². The molecule has 1 atom stereocenters. The highest BCUT2D eigenvalue weighted by atomic mass is 16.6. The van der Waals surface area contributed by atoms with E-state index < -0.39 is 16.4 Å². The first-order valence-corrected chi connectivity index (χ1v) is 5.95. The van der Waals surface area contributed by atoms with Gasteiger partial charge in [-0.1, -0.05) is 0 Å². The first kappa shape index (κ1) is 13.7. The summed E-state index contributed by atoms with van der Waals surface area (Å²) in [6, 6.07) is 2.90. The van der Waals surface area contributed by atoms with Crippen molar-refractivity contribution in [1.82, 2.24) is 4.98 Å². The molecule has 0 spiro atoms.